The van der Waals surface area contributed by atoms with Crippen LogP contribution < -0.4 is 5.32 Å². The zero-order valence-corrected chi connectivity index (χ0v) is 14.4. The van der Waals surface area contributed by atoms with Crippen LogP contribution in [0, 0.1) is 0 Å². The Bertz CT molecular complexity index is 454. The van der Waals surface area contributed by atoms with E-state index in [9.17, 15) is 9.90 Å². The van der Waals surface area contributed by atoms with Crippen molar-refractivity contribution in [2.75, 3.05) is 6.54 Å². The maximum Gasteiger partial charge on any atom is 0.333 e. The first kappa shape index (κ1) is 18.5. The molecule has 0 aliphatic heterocycles. The van der Waals surface area contributed by atoms with Crippen LogP contribution in [0.1, 0.15) is 72.1 Å². The second-order valence-electron chi connectivity index (χ2n) is 6.43. The van der Waals surface area contributed by atoms with Crippen molar-refractivity contribution in [2.45, 2.75) is 72.1 Å². The van der Waals surface area contributed by atoms with Gasteiger partial charge in [-0.15, -0.1) is 0 Å². The summed E-state index contributed by atoms with van der Waals surface area (Å²) >= 11 is 0. The van der Waals surface area contributed by atoms with Crippen LogP contribution in [0.5, 0.6) is 0 Å². The summed E-state index contributed by atoms with van der Waals surface area (Å²) in [5, 5.41) is 12.7. The van der Waals surface area contributed by atoms with Crippen LogP contribution in [0.4, 0.5) is 0 Å². The van der Waals surface area contributed by atoms with Crippen LogP contribution >= 0.6 is 0 Å². The maximum atomic E-state index is 11.4. The Morgan fingerprint density at radius 3 is 2.41 bits per heavy atom. The Labute approximate surface area is 135 Å². The zero-order valence-electron chi connectivity index (χ0n) is 14.4. The van der Waals surface area contributed by atoms with Gasteiger partial charge in [-0.3, -0.25) is 0 Å². The van der Waals surface area contributed by atoms with Crippen molar-refractivity contribution >= 4 is 5.97 Å². The summed E-state index contributed by atoms with van der Waals surface area (Å²) < 4.78 is 0. The molecule has 0 saturated carbocycles. The zero-order chi connectivity index (χ0) is 16.4. The van der Waals surface area contributed by atoms with Crippen LogP contribution in [0.3, 0.4) is 0 Å². The van der Waals surface area contributed by atoms with Crippen molar-refractivity contribution in [1.82, 2.24) is 5.32 Å². The third-order valence-corrected chi connectivity index (χ3v) is 4.08. The van der Waals surface area contributed by atoms with Crippen molar-refractivity contribution in [3.8, 4) is 0 Å². The highest BCUT2D eigenvalue weighted by Gasteiger charge is 2.15. The molecular formula is C19H31NO2. The van der Waals surface area contributed by atoms with E-state index in [-0.39, 0.29) is 0 Å². The minimum atomic E-state index is -0.756. The van der Waals surface area contributed by atoms with E-state index in [1.165, 1.54) is 17.6 Å². The number of hydrogen-bond acceptors (Lipinski definition) is 2. The summed E-state index contributed by atoms with van der Waals surface area (Å²) in [6.07, 6.45) is 12.6. The average Bonchev–Trinajstić information content (AvgIpc) is 2.40. The molecule has 1 aliphatic rings. The maximum absolute atomic E-state index is 11.4. The van der Waals surface area contributed by atoms with E-state index in [0.29, 0.717) is 12.0 Å². The fraction of sp³-hybridized carbons (Fsp3) is 0.632. The Morgan fingerprint density at radius 2 is 1.77 bits per heavy atom. The van der Waals surface area contributed by atoms with Crippen molar-refractivity contribution in [3.63, 3.8) is 0 Å². The summed E-state index contributed by atoms with van der Waals surface area (Å²) in [6, 6.07) is 0. The van der Waals surface area contributed by atoms with E-state index in [1.54, 1.807) is 0 Å². The first-order valence-electron chi connectivity index (χ1n) is 8.49. The largest absolute Gasteiger partial charge is 0.478 e. The monoisotopic (exact) mass is 305 g/mol. The normalized spacial score (nSPS) is 20.0. The smallest absolute Gasteiger partial charge is 0.333 e. The van der Waals surface area contributed by atoms with Gasteiger partial charge in [0.2, 0.25) is 0 Å². The van der Waals surface area contributed by atoms with Gasteiger partial charge in [-0.1, -0.05) is 36.1 Å². The molecule has 1 aliphatic carbocycles. The standard InChI is InChI=1S/C19H31NO2/c1-15(2)9-8-10-16(3)13-14-20-18-12-7-5-4-6-11-17(18)19(21)22/h9,13,20H,4-8,10-12,14H2,1-3H3,(H,21,22)/b16-13+,18-17-. The second kappa shape index (κ2) is 10.3. The lowest BCUT2D eigenvalue weighted by molar-refractivity contribution is -0.132. The van der Waals surface area contributed by atoms with Crippen molar-refractivity contribution in [2.24, 2.45) is 0 Å². The molecular weight excluding hydrogens is 274 g/mol. The fourth-order valence-corrected chi connectivity index (χ4v) is 2.73. The summed E-state index contributed by atoms with van der Waals surface area (Å²) in [5.74, 6) is -0.756. The van der Waals surface area contributed by atoms with Gasteiger partial charge in [-0.25, -0.2) is 4.79 Å². The Hall–Kier alpha value is -1.51. The number of rotatable bonds is 7. The number of carbonyl (C=O) groups is 1. The van der Waals surface area contributed by atoms with E-state index in [1.807, 2.05) is 0 Å². The summed E-state index contributed by atoms with van der Waals surface area (Å²) in [7, 11) is 0. The molecule has 0 atom stereocenters. The average molecular weight is 305 g/mol. The third-order valence-electron chi connectivity index (χ3n) is 4.08. The molecule has 3 heteroatoms. The summed E-state index contributed by atoms with van der Waals surface area (Å²) in [4.78, 5) is 11.4. The molecule has 0 fully saturated rings. The Balaban J connectivity index is 2.56. The van der Waals surface area contributed by atoms with Crippen LogP contribution in [-0.4, -0.2) is 17.6 Å². The molecule has 0 spiro atoms. The van der Waals surface area contributed by atoms with Gasteiger partial charge >= 0.3 is 5.97 Å². The highest BCUT2D eigenvalue weighted by molar-refractivity contribution is 5.87. The molecule has 0 saturated heterocycles. The van der Waals surface area contributed by atoms with Crippen LogP contribution in [-0.2, 0) is 4.79 Å². The lowest BCUT2D eigenvalue weighted by Gasteiger charge is -2.17. The highest BCUT2D eigenvalue weighted by atomic mass is 16.4. The molecule has 0 unspecified atom stereocenters. The van der Waals surface area contributed by atoms with Crippen LogP contribution in [0.2, 0.25) is 0 Å². The fourth-order valence-electron chi connectivity index (χ4n) is 2.73. The number of allylic oxidation sites excluding steroid dienone is 4. The minimum Gasteiger partial charge on any atom is -0.478 e. The Morgan fingerprint density at radius 1 is 1.09 bits per heavy atom. The van der Waals surface area contributed by atoms with Gasteiger partial charge in [0.05, 0.1) is 5.57 Å². The summed E-state index contributed by atoms with van der Waals surface area (Å²) in [5.41, 5.74) is 4.25. The second-order valence-corrected chi connectivity index (χ2v) is 6.43. The molecule has 2 N–H and O–H groups in total. The van der Waals surface area contributed by atoms with Crippen molar-refractivity contribution in [3.05, 3.63) is 34.6 Å². The van der Waals surface area contributed by atoms with E-state index in [4.69, 9.17) is 0 Å². The number of aliphatic carboxylic acids is 1. The number of hydrogen-bond donors (Lipinski definition) is 2. The van der Waals surface area contributed by atoms with Gasteiger partial charge in [-0.2, -0.15) is 0 Å². The number of carboxylic acid groups (broad SMARTS) is 1. The lowest BCUT2D eigenvalue weighted by Crippen LogP contribution is -2.20. The van der Waals surface area contributed by atoms with Gasteiger partial charge in [0.1, 0.15) is 0 Å². The lowest BCUT2D eigenvalue weighted by atomic mass is 9.97. The van der Waals surface area contributed by atoms with Gasteiger partial charge in [0, 0.05) is 12.2 Å². The van der Waals surface area contributed by atoms with E-state index in [0.717, 1.165) is 50.8 Å². The quantitative estimate of drug-likeness (QED) is 0.653. The van der Waals surface area contributed by atoms with E-state index >= 15 is 0 Å². The Kier molecular flexibility index (Phi) is 8.64. The molecule has 124 valence electrons. The minimum absolute atomic E-state index is 0.593. The van der Waals surface area contributed by atoms with Crippen molar-refractivity contribution in [1.29, 1.82) is 0 Å². The first-order valence-corrected chi connectivity index (χ1v) is 8.49. The molecule has 0 heterocycles. The van der Waals surface area contributed by atoms with Crippen LogP contribution in [0.25, 0.3) is 0 Å². The topological polar surface area (TPSA) is 49.3 Å². The molecule has 1 rings (SSSR count). The molecule has 22 heavy (non-hydrogen) atoms. The molecule has 0 radical (unpaired) electrons. The molecule has 3 nitrogen and oxygen atoms in total. The molecule has 0 bridgehead atoms. The predicted octanol–water partition coefficient (Wildman–Crippen LogP) is 4.96. The highest BCUT2D eigenvalue weighted by Crippen LogP contribution is 2.21. The third kappa shape index (κ3) is 7.48. The molecule has 0 aromatic carbocycles. The van der Waals surface area contributed by atoms with Gasteiger partial charge < -0.3 is 10.4 Å². The van der Waals surface area contributed by atoms with Gasteiger partial charge in [-0.05, 0) is 59.3 Å². The molecule has 0 aromatic heterocycles. The van der Waals surface area contributed by atoms with Crippen molar-refractivity contribution < 1.29 is 9.90 Å². The van der Waals surface area contributed by atoms with E-state index in [2.05, 4.69) is 38.2 Å². The van der Waals surface area contributed by atoms with E-state index < -0.39 is 5.97 Å². The van der Waals surface area contributed by atoms with Gasteiger partial charge in [0.15, 0.2) is 0 Å². The molecule has 0 amide bonds. The van der Waals surface area contributed by atoms with Crippen LogP contribution in [0.15, 0.2) is 34.6 Å². The molecule has 0 aromatic rings. The predicted molar refractivity (Wildman–Crippen MR) is 92.8 cm³/mol. The number of nitrogens with one attached hydrogen (secondary N) is 1. The first-order chi connectivity index (χ1) is 10.5. The number of carboxylic acids is 1. The SMILES string of the molecule is CC(C)=CCC/C(C)=C/CN/C1=C(\C(=O)O)CCCCCC1. The van der Waals surface area contributed by atoms with Gasteiger partial charge in [0.25, 0.3) is 0 Å². The summed E-state index contributed by atoms with van der Waals surface area (Å²) in [6.45, 7) is 7.11.